The zero-order valence-electron chi connectivity index (χ0n) is 10.5. The van der Waals surface area contributed by atoms with Gasteiger partial charge in [0.2, 0.25) is 0 Å². The van der Waals surface area contributed by atoms with Crippen LogP contribution in [0.25, 0.3) is 0 Å². The molecule has 1 aliphatic rings. The van der Waals surface area contributed by atoms with Crippen molar-refractivity contribution in [2.24, 2.45) is 5.92 Å². The quantitative estimate of drug-likeness (QED) is 0.884. The van der Waals surface area contributed by atoms with E-state index < -0.39 is 17.5 Å². The van der Waals surface area contributed by atoms with Gasteiger partial charge in [0.25, 0.3) is 5.91 Å². The van der Waals surface area contributed by atoms with Crippen LogP contribution in [-0.4, -0.2) is 23.7 Å². The minimum Gasteiger partial charge on any atom is -0.393 e. The second-order valence-corrected chi connectivity index (χ2v) is 5.01. The Morgan fingerprint density at radius 2 is 1.95 bits per heavy atom. The lowest BCUT2D eigenvalue weighted by molar-refractivity contribution is 0.0907. The summed E-state index contributed by atoms with van der Waals surface area (Å²) < 4.78 is 26.1. The van der Waals surface area contributed by atoms with Crippen molar-refractivity contribution in [2.75, 3.05) is 6.54 Å². The van der Waals surface area contributed by atoms with Gasteiger partial charge in [-0.3, -0.25) is 4.79 Å². The van der Waals surface area contributed by atoms with Gasteiger partial charge < -0.3 is 10.4 Å². The molecule has 0 unspecified atom stereocenters. The van der Waals surface area contributed by atoms with Gasteiger partial charge in [-0.2, -0.15) is 0 Å². The Balaban J connectivity index is 1.87. The molecular formula is C14H17F2NO2. The fourth-order valence-corrected chi connectivity index (χ4v) is 2.35. The van der Waals surface area contributed by atoms with E-state index >= 15 is 0 Å². The molecule has 0 heterocycles. The number of hydrogen-bond acceptors (Lipinski definition) is 2. The smallest absolute Gasteiger partial charge is 0.254 e. The Bertz CT molecular complexity index is 457. The maximum atomic E-state index is 13.4. The van der Waals surface area contributed by atoms with Crippen molar-refractivity contribution < 1.29 is 18.7 Å². The van der Waals surface area contributed by atoms with Gasteiger partial charge >= 0.3 is 0 Å². The zero-order valence-corrected chi connectivity index (χ0v) is 10.5. The van der Waals surface area contributed by atoms with E-state index in [0.29, 0.717) is 18.5 Å². The molecule has 0 atom stereocenters. The van der Waals surface area contributed by atoms with Crippen LogP contribution in [0.4, 0.5) is 8.78 Å². The van der Waals surface area contributed by atoms with Crippen LogP contribution in [0.1, 0.15) is 36.0 Å². The van der Waals surface area contributed by atoms with Crippen molar-refractivity contribution >= 4 is 5.91 Å². The minimum absolute atomic E-state index is 0.141. The van der Waals surface area contributed by atoms with Gasteiger partial charge in [0, 0.05) is 12.6 Å². The summed E-state index contributed by atoms with van der Waals surface area (Å²) in [6, 6.07) is 2.91. The molecular weight excluding hydrogens is 252 g/mol. The van der Waals surface area contributed by atoms with Crippen LogP contribution in [0.3, 0.4) is 0 Å². The van der Waals surface area contributed by atoms with Crippen molar-refractivity contribution in [1.82, 2.24) is 5.32 Å². The number of benzene rings is 1. The Hall–Kier alpha value is -1.49. The predicted molar refractivity (Wildman–Crippen MR) is 66.7 cm³/mol. The van der Waals surface area contributed by atoms with E-state index in [1.807, 2.05) is 0 Å². The average Bonchev–Trinajstić information content (AvgIpc) is 2.37. The number of halogens is 2. The monoisotopic (exact) mass is 269 g/mol. The molecule has 1 fully saturated rings. The molecule has 0 spiro atoms. The molecule has 3 nitrogen and oxygen atoms in total. The number of hydrogen-bond donors (Lipinski definition) is 2. The van der Waals surface area contributed by atoms with Crippen molar-refractivity contribution in [3.63, 3.8) is 0 Å². The standard InChI is InChI=1S/C14H17F2NO2/c15-10-3-6-12(13(16)7-10)14(19)17-8-9-1-4-11(18)5-2-9/h3,6-7,9,11,18H,1-2,4-5,8H2,(H,17,19). The minimum atomic E-state index is -0.850. The normalized spacial score (nSPS) is 23.1. The summed E-state index contributed by atoms with van der Waals surface area (Å²) in [6.45, 7) is 0.461. The van der Waals surface area contributed by atoms with Gasteiger partial charge in [0.15, 0.2) is 0 Å². The number of aliphatic hydroxyl groups is 1. The first-order valence-electron chi connectivity index (χ1n) is 6.47. The van der Waals surface area contributed by atoms with Crippen LogP contribution in [0, 0.1) is 17.6 Å². The first-order valence-corrected chi connectivity index (χ1v) is 6.47. The molecule has 0 saturated heterocycles. The Morgan fingerprint density at radius 3 is 2.58 bits per heavy atom. The molecule has 1 aromatic rings. The van der Waals surface area contributed by atoms with Crippen LogP contribution >= 0.6 is 0 Å². The van der Waals surface area contributed by atoms with Crippen LogP contribution in [0.15, 0.2) is 18.2 Å². The topological polar surface area (TPSA) is 49.3 Å². The lowest BCUT2D eigenvalue weighted by Crippen LogP contribution is -2.32. The largest absolute Gasteiger partial charge is 0.393 e. The molecule has 2 rings (SSSR count). The summed E-state index contributed by atoms with van der Waals surface area (Å²) in [5.74, 6) is -1.76. The summed E-state index contributed by atoms with van der Waals surface area (Å²) in [5.41, 5.74) is -0.141. The van der Waals surface area contributed by atoms with Crippen molar-refractivity contribution in [3.8, 4) is 0 Å². The average molecular weight is 269 g/mol. The Morgan fingerprint density at radius 1 is 1.26 bits per heavy atom. The molecule has 5 heteroatoms. The van der Waals surface area contributed by atoms with Crippen LogP contribution in [0.2, 0.25) is 0 Å². The van der Waals surface area contributed by atoms with Crippen molar-refractivity contribution in [2.45, 2.75) is 31.8 Å². The molecule has 1 aliphatic carbocycles. The van der Waals surface area contributed by atoms with E-state index in [4.69, 9.17) is 0 Å². The van der Waals surface area contributed by atoms with Gasteiger partial charge in [-0.1, -0.05) is 0 Å². The Kier molecular flexibility index (Phi) is 4.47. The molecule has 19 heavy (non-hydrogen) atoms. The molecule has 0 aliphatic heterocycles. The van der Waals surface area contributed by atoms with Gasteiger partial charge in [0.1, 0.15) is 11.6 Å². The van der Waals surface area contributed by atoms with Gasteiger partial charge in [-0.25, -0.2) is 8.78 Å². The van der Waals surface area contributed by atoms with E-state index in [1.54, 1.807) is 0 Å². The van der Waals surface area contributed by atoms with Crippen LogP contribution in [-0.2, 0) is 0 Å². The highest BCUT2D eigenvalue weighted by molar-refractivity contribution is 5.94. The van der Waals surface area contributed by atoms with E-state index in [9.17, 15) is 18.7 Å². The number of carbonyl (C=O) groups excluding carboxylic acids is 1. The summed E-state index contributed by atoms with van der Waals surface area (Å²) in [4.78, 5) is 11.8. The summed E-state index contributed by atoms with van der Waals surface area (Å²) >= 11 is 0. The fourth-order valence-electron chi connectivity index (χ4n) is 2.35. The third-order valence-corrected chi connectivity index (χ3v) is 3.54. The lowest BCUT2D eigenvalue weighted by atomic mass is 9.87. The number of rotatable bonds is 3. The lowest BCUT2D eigenvalue weighted by Gasteiger charge is -2.25. The zero-order chi connectivity index (χ0) is 13.8. The second-order valence-electron chi connectivity index (χ2n) is 5.01. The van der Waals surface area contributed by atoms with Crippen LogP contribution < -0.4 is 5.32 Å². The fraction of sp³-hybridized carbons (Fsp3) is 0.500. The molecule has 2 N–H and O–H groups in total. The Labute approximate surface area is 110 Å². The van der Waals surface area contributed by atoms with Gasteiger partial charge in [-0.05, 0) is 43.7 Å². The number of amides is 1. The van der Waals surface area contributed by atoms with Gasteiger partial charge in [-0.15, -0.1) is 0 Å². The predicted octanol–water partition coefficient (Wildman–Crippen LogP) is 2.25. The highest BCUT2D eigenvalue weighted by Crippen LogP contribution is 2.23. The van der Waals surface area contributed by atoms with Crippen LogP contribution in [0.5, 0.6) is 0 Å². The van der Waals surface area contributed by atoms with E-state index in [0.717, 1.165) is 37.8 Å². The molecule has 1 saturated carbocycles. The first-order chi connectivity index (χ1) is 9.06. The van der Waals surface area contributed by atoms with Crippen molar-refractivity contribution in [1.29, 1.82) is 0 Å². The maximum absolute atomic E-state index is 13.4. The third kappa shape index (κ3) is 3.73. The molecule has 0 bridgehead atoms. The molecule has 0 aromatic heterocycles. The maximum Gasteiger partial charge on any atom is 0.254 e. The summed E-state index contributed by atoms with van der Waals surface area (Å²) in [6.07, 6.45) is 2.96. The summed E-state index contributed by atoms with van der Waals surface area (Å²) in [7, 11) is 0. The molecule has 0 radical (unpaired) electrons. The SMILES string of the molecule is O=C(NCC1CCC(O)CC1)c1ccc(F)cc1F. The molecule has 1 aromatic carbocycles. The second kappa shape index (κ2) is 6.10. The number of nitrogens with one attached hydrogen (secondary N) is 1. The van der Waals surface area contributed by atoms with Crippen molar-refractivity contribution in [3.05, 3.63) is 35.4 Å². The third-order valence-electron chi connectivity index (χ3n) is 3.54. The number of aliphatic hydroxyl groups excluding tert-OH is 1. The first kappa shape index (κ1) is 13.9. The number of carbonyl (C=O) groups is 1. The van der Waals surface area contributed by atoms with E-state index in [2.05, 4.69) is 5.32 Å². The molecule has 104 valence electrons. The molecule has 1 amide bonds. The van der Waals surface area contributed by atoms with E-state index in [1.165, 1.54) is 0 Å². The van der Waals surface area contributed by atoms with Gasteiger partial charge in [0.05, 0.1) is 11.7 Å². The summed E-state index contributed by atoms with van der Waals surface area (Å²) in [5, 5.41) is 12.0. The highest BCUT2D eigenvalue weighted by Gasteiger charge is 2.20. The van der Waals surface area contributed by atoms with E-state index in [-0.39, 0.29) is 11.7 Å². The highest BCUT2D eigenvalue weighted by atomic mass is 19.1.